The van der Waals surface area contributed by atoms with E-state index in [2.05, 4.69) is 5.32 Å². The molecule has 0 saturated heterocycles. The highest BCUT2D eigenvalue weighted by atomic mass is 32.1. The second-order valence-corrected chi connectivity index (χ2v) is 6.92. The van der Waals surface area contributed by atoms with Crippen LogP contribution in [0.5, 0.6) is 0 Å². The van der Waals surface area contributed by atoms with Crippen molar-refractivity contribution in [3.05, 3.63) is 35.0 Å². The molecule has 1 fully saturated rings. The van der Waals surface area contributed by atoms with E-state index in [0.29, 0.717) is 27.8 Å². The van der Waals surface area contributed by atoms with Gasteiger partial charge in [-0.1, -0.05) is 12.5 Å². The number of amides is 1. The summed E-state index contributed by atoms with van der Waals surface area (Å²) in [5, 5.41) is 3.03. The van der Waals surface area contributed by atoms with Crippen LogP contribution in [-0.2, 0) is 0 Å². The van der Waals surface area contributed by atoms with Crippen LogP contribution < -0.4 is 5.32 Å². The molecular weight excluding hydrogens is 330 g/mol. The molecule has 0 spiro atoms. The summed E-state index contributed by atoms with van der Waals surface area (Å²) in [6.07, 6.45) is -3.21. The third kappa shape index (κ3) is 3.49. The highest BCUT2D eigenvalue weighted by Gasteiger charge is 2.42. The van der Waals surface area contributed by atoms with Crippen LogP contribution in [0.3, 0.4) is 0 Å². The van der Waals surface area contributed by atoms with E-state index in [-0.39, 0.29) is 12.8 Å². The number of benzene rings is 1. The predicted octanol–water partition coefficient (Wildman–Crippen LogP) is 4.89. The van der Waals surface area contributed by atoms with Gasteiger partial charge in [-0.05, 0) is 37.5 Å². The maximum atomic E-state index is 13.7. The monoisotopic (exact) mass is 345 g/mol. The van der Waals surface area contributed by atoms with Gasteiger partial charge in [0.1, 0.15) is 5.82 Å². The summed E-state index contributed by atoms with van der Waals surface area (Å²) in [7, 11) is 0. The van der Waals surface area contributed by atoms with Gasteiger partial charge >= 0.3 is 6.18 Å². The fraction of sp³-hybridized carbons (Fsp3) is 0.438. The van der Waals surface area contributed by atoms with Crippen molar-refractivity contribution in [3.63, 3.8) is 0 Å². The van der Waals surface area contributed by atoms with Crippen LogP contribution in [0.4, 0.5) is 17.6 Å². The van der Waals surface area contributed by atoms with Crippen LogP contribution >= 0.6 is 11.3 Å². The van der Waals surface area contributed by atoms with Gasteiger partial charge in [0, 0.05) is 16.1 Å². The Morgan fingerprint density at radius 1 is 1.26 bits per heavy atom. The van der Waals surface area contributed by atoms with Crippen molar-refractivity contribution < 1.29 is 22.4 Å². The van der Waals surface area contributed by atoms with E-state index in [9.17, 15) is 22.4 Å². The van der Waals surface area contributed by atoms with Crippen LogP contribution in [0, 0.1) is 11.7 Å². The molecule has 3 rings (SSSR count). The minimum atomic E-state index is -4.22. The van der Waals surface area contributed by atoms with Crippen molar-refractivity contribution >= 4 is 27.3 Å². The summed E-state index contributed by atoms with van der Waals surface area (Å²) >= 11 is 1.14. The number of hydrogen-bond acceptors (Lipinski definition) is 2. The first-order valence-electron chi connectivity index (χ1n) is 7.40. The second-order valence-electron chi connectivity index (χ2n) is 5.84. The molecule has 1 N–H and O–H groups in total. The zero-order valence-corrected chi connectivity index (χ0v) is 12.9. The molecule has 124 valence electrons. The molecule has 0 radical (unpaired) electrons. The van der Waals surface area contributed by atoms with Crippen molar-refractivity contribution in [2.24, 2.45) is 5.92 Å². The topological polar surface area (TPSA) is 29.1 Å². The summed E-state index contributed by atoms with van der Waals surface area (Å²) in [5.41, 5.74) is 0. The first-order chi connectivity index (χ1) is 10.8. The average molecular weight is 345 g/mol. The molecule has 1 aliphatic carbocycles. The van der Waals surface area contributed by atoms with E-state index < -0.39 is 29.9 Å². The average Bonchev–Trinajstić information content (AvgIpc) is 2.92. The third-order valence-corrected chi connectivity index (χ3v) is 5.30. The lowest BCUT2D eigenvalue weighted by atomic mass is 9.85. The van der Waals surface area contributed by atoms with Gasteiger partial charge in [-0.2, -0.15) is 13.2 Å². The van der Waals surface area contributed by atoms with Crippen molar-refractivity contribution in [1.82, 2.24) is 5.32 Å². The Labute approximate surface area is 134 Å². The van der Waals surface area contributed by atoms with E-state index in [1.165, 1.54) is 12.1 Å². The Bertz CT molecular complexity index is 724. The standard InChI is InChI=1S/C16H15F4NOS/c17-12-5-2-6-13-11(12)8-14(23-13)15(22)21-10-4-1-3-9(7-10)16(18,19)20/h2,5-6,8-10H,1,3-4,7H2,(H,21,22). The zero-order chi connectivity index (χ0) is 16.6. The lowest BCUT2D eigenvalue weighted by Gasteiger charge is -2.30. The molecule has 2 nitrogen and oxygen atoms in total. The molecule has 1 amide bonds. The molecule has 1 aromatic heterocycles. The van der Waals surface area contributed by atoms with Gasteiger partial charge in [0.2, 0.25) is 0 Å². The van der Waals surface area contributed by atoms with Gasteiger partial charge in [-0.15, -0.1) is 11.3 Å². The van der Waals surface area contributed by atoms with Crippen LogP contribution in [0.15, 0.2) is 24.3 Å². The maximum absolute atomic E-state index is 13.7. The molecule has 2 aromatic rings. The molecular formula is C16H15F4NOS. The van der Waals surface area contributed by atoms with Gasteiger partial charge in [0.05, 0.1) is 10.8 Å². The Kier molecular flexibility index (Phi) is 4.31. The van der Waals surface area contributed by atoms with Gasteiger partial charge in [-0.25, -0.2) is 4.39 Å². The summed E-state index contributed by atoms with van der Waals surface area (Å²) in [5.74, 6) is -2.20. The number of thiophene rings is 1. The molecule has 1 saturated carbocycles. The first-order valence-corrected chi connectivity index (χ1v) is 8.22. The summed E-state index contributed by atoms with van der Waals surface area (Å²) < 4.78 is 52.7. The van der Waals surface area contributed by atoms with Crippen LogP contribution in [0.2, 0.25) is 0 Å². The van der Waals surface area contributed by atoms with E-state index in [1.807, 2.05) is 0 Å². The summed E-state index contributed by atoms with van der Waals surface area (Å²) in [4.78, 5) is 12.6. The van der Waals surface area contributed by atoms with Gasteiger partial charge in [0.15, 0.2) is 0 Å². The Hall–Kier alpha value is -1.63. The fourth-order valence-electron chi connectivity index (χ4n) is 3.01. The minimum absolute atomic E-state index is 0.0888. The van der Waals surface area contributed by atoms with E-state index in [4.69, 9.17) is 0 Å². The molecule has 0 aliphatic heterocycles. The van der Waals surface area contributed by atoms with Crippen LogP contribution in [-0.4, -0.2) is 18.1 Å². The number of alkyl halides is 3. The van der Waals surface area contributed by atoms with Crippen molar-refractivity contribution in [1.29, 1.82) is 0 Å². The van der Waals surface area contributed by atoms with E-state index >= 15 is 0 Å². The van der Waals surface area contributed by atoms with E-state index in [0.717, 1.165) is 11.3 Å². The normalized spacial score (nSPS) is 22.3. The van der Waals surface area contributed by atoms with Gasteiger partial charge in [-0.3, -0.25) is 4.79 Å². The smallest absolute Gasteiger partial charge is 0.349 e. The number of nitrogens with one attached hydrogen (secondary N) is 1. The highest BCUT2D eigenvalue weighted by Crippen LogP contribution is 2.37. The number of rotatable bonds is 2. The fourth-order valence-corrected chi connectivity index (χ4v) is 3.99. The van der Waals surface area contributed by atoms with Gasteiger partial charge < -0.3 is 5.32 Å². The van der Waals surface area contributed by atoms with Gasteiger partial charge in [0.25, 0.3) is 5.91 Å². The number of halogens is 4. The molecule has 7 heteroatoms. The third-order valence-electron chi connectivity index (χ3n) is 4.20. The van der Waals surface area contributed by atoms with Crippen LogP contribution in [0.25, 0.3) is 10.1 Å². The summed E-state index contributed by atoms with van der Waals surface area (Å²) in [6, 6.07) is 5.55. The Morgan fingerprint density at radius 2 is 2.04 bits per heavy atom. The highest BCUT2D eigenvalue weighted by molar-refractivity contribution is 7.20. The van der Waals surface area contributed by atoms with Crippen molar-refractivity contribution in [3.8, 4) is 0 Å². The lowest BCUT2D eigenvalue weighted by molar-refractivity contribution is -0.183. The van der Waals surface area contributed by atoms with Crippen LogP contribution in [0.1, 0.15) is 35.4 Å². The number of carbonyl (C=O) groups is 1. The molecule has 0 bridgehead atoms. The molecule has 1 heterocycles. The van der Waals surface area contributed by atoms with E-state index in [1.54, 1.807) is 12.1 Å². The minimum Gasteiger partial charge on any atom is -0.349 e. The maximum Gasteiger partial charge on any atom is 0.391 e. The number of fused-ring (bicyclic) bond motifs is 1. The largest absolute Gasteiger partial charge is 0.391 e. The lowest BCUT2D eigenvalue weighted by Crippen LogP contribution is -2.41. The molecule has 2 atom stereocenters. The molecule has 1 aliphatic rings. The summed E-state index contributed by atoms with van der Waals surface area (Å²) in [6.45, 7) is 0. The SMILES string of the molecule is O=C(NC1CCCC(C(F)(F)F)C1)c1cc2c(F)cccc2s1. The molecule has 2 unspecified atom stereocenters. The second kappa shape index (κ2) is 6.11. The Balaban J connectivity index is 1.72. The number of carbonyl (C=O) groups excluding carboxylic acids is 1. The predicted molar refractivity (Wildman–Crippen MR) is 81.1 cm³/mol. The first kappa shape index (κ1) is 16.2. The molecule has 23 heavy (non-hydrogen) atoms. The Morgan fingerprint density at radius 3 is 2.74 bits per heavy atom. The van der Waals surface area contributed by atoms with Crippen molar-refractivity contribution in [2.45, 2.75) is 37.9 Å². The van der Waals surface area contributed by atoms with Crippen molar-refractivity contribution in [2.75, 3.05) is 0 Å². The molecule has 1 aromatic carbocycles. The quantitative estimate of drug-likeness (QED) is 0.772. The zero-order valence-electron chi connectivity index (χ0n) is 12.1. The number of hydrogen-bond donors (Lipinski definition) is 1.